The number of amides is 2. The Balaban J connectivity index is 1.54. The molecule has 0 spiro atoms. The summed E-state index contributed by atoms with van der Waals surface area (Å²) < 4.78 is 52.1. The zero-order valence-electron chi connectivity index (χ0n) is 24.3. The zero-order valence-corrected chi connectivity index (χ0v) is 24.3. The van der Waals surface area contributed by atoms with Crippen molar-refractivity contribution < 1.29 is 32.2 Å². The number of halogens is 3. The van der Waals surface area contributed by atoms with Gasteiger partial charge in [0.15, 0.2) is 0 Å². The Morgan fingerprint density at radius 2 is 1.81 bits per heavy atom. The molecule has 2 aromatic rings. The number of ether oxygens (including phenoxy) is 2. The highest BCUT2D eigenvalue weighted by molar-refractivity contribution is 5.95. The van der Waals surface area contributed by atoms with Crippen molar-refractivity contribution in [3.8, 4) is 5.75 Å². The van der Waals surface area contributed by atoms with Gasteiger partial charge in [-0.15, -0.1) is 0 Å². The summed E-state index contributed by atoms with van der Waals surface area (Å²) in [5, 5.41) is 8.91. The second-order valence-corrected chi connectivity index (χ2v) is 10.7. The number of nitrogens with zero attached hydrogens (tertiary/aromatic N) is 4. The van der Waals surface area contributed by atoms with E-state index in [1.165, 1.54) is 19.1 Å². The van der Waals surface area contributed by atoms with E-state index < -0.39 is 29.7 Å². The predicted octanol–water partition coefficient (Wildman–Crippen LogP) is 4.49. The molecule has 4 rings (SSSR count). The summed E-state index contributed by atoms with van der Waals surface area (Å²) in [6.45, 7) is 1.81. The third-order valence-corrected chi connectivity index (χ3v) is 7.87. The predicted molar refractivity (Wildman–Crippen MR) is 151 cm³/mol. The second kappa shape index (κ2) is 13.4. The molecule has 1 aliphatic heterocycles. The normalized spacial score (nSPS) is 20.0. The zero-order chi connectivity index (χ0) is 30.4. The molecule has 1 aromatic carbocycles. The SMILES string of the molecule is COC(=O)N(C)[C@@H]1CCCC[C@H]1Nc1nc(Nc2ccc(C(=O)NC3CCN(C)CC3)cc2OC)ncc1C(F)(F)F. The number of aromatic nitrogens is 2. The van der Waals surface area contributed by atoms with Crippen LogP contribution in [0.2, 0.25) is 0 Å². The first-order chi connectivity index (χ1) is 20.0. The maximum Gasteiger partial charge on any atom is 0.421 e. The lowest BCUT2D eigenvalue weighted by Gasteiger charge is -2.38. The summed E-state index contributed by atoms with van der Waals surface area (Å²) in [6, 6.07) is 3.98. The first-order valence-corrected chi connectivity index (χ1v) is 14.0. The van der Waals surface area contributed by atoms with Crippen LogP contribution in [0.25, 0.3) is 0 Å². The van der Waals surface area contributed by atoms with E-state index in [1.54, 1.807) is 25.2 Å². The highest BCUT2D eigenvalue weighted by Gasteiger charge is 2.38. The van der Waals surface area contributed by atoms with Gasteiger partial charge in [-0.05, 0) is 64.0 Å². The number of likely N-dealkylation sites (tertiary alicyclic amines) is 1. The quantitative estimate of drug-likeness (QED) is 0.407. The van der Waals surface area contributed by atoms with E-state index >= 15 is 0 Å². The Labute approximate surface area is 243 Å². The van der Waals surface area contributed by atoms with Crippen LogP contribution >= 0.6 is 0 Å². The van der Waals surface area contributed by atoms with Gasteiger partial charge in [0.1, 0.15) is 17.1 Å². The van der Waals surface area contributed by atoms with E-state index in [0.29, 0.717) is 29.8 Å². The topological polar surface area (TPSA) is 121 Å². The number of anilines is 3. The van der Waals surface area contributed by atoms with Crippen LogP contribution < -0.4 is 20.7 Å². The summed E-state index contributed by atoms with van der Waals surface area (Å²) >= 11 is 0. The van der Waals surface area contributed by atoms with Crippen LogP contribution in [0.4, 0.5) is 35.4 Å². The number of rotatable bonds is 8. The molecular weight excluding hydrogens is 555 g/mol. The molecule has 230 valence electrons. The highest BCUT2D eigenvalue weighted by Crippen LogP contribution is 2.36. The van der Waals surface area contributed by atoms with Gasteiger partial charge in [0.05, 0.1) is 25.9 Å². The molecule has 1 saturated heterocycles. The van der Waals surface area contributed by atoms with Gasteiger partial charge in [-0.2, -0.15) is 18.2 Å². The Morgan fingerprint density at radius 1 is 1.10 bits per heavy atom. The number of piperidine rings is 1. The Hall–Kier alpha value is -3.81. The molecule has 2 atom stereocenters. The summed E-state index contributed by atoms with van der Waals surface area (Å²) in [5.74, 6) is -0.425. The van der Waals surface area contributed by atoms with Gasteiger partial charge in [-0.3, -0.25) is 4.79 Å². The van der Waals surface area contributed by atoms with E-state index in [9.17, 15) is 22.8 Å². The molecule has 14 heteroatoms. The molecule has 11 nitrogen and oxygen atoms in total. The summed E-state index contributed by atoms with van der Waals surface area (Å²) in [5.41, 5.74) is -0.254. The van der Waals surface area contributed by atoms with Crippen molar-refractivity contribution in [3.05, 3.63) is 35.5 Å². The lowest BCUT2D eigenvalue weighted by atomic mass is 9.89. The lowest BCUT2D eigenvalue weighted by Crippen LogP contribution is -2.49. The van der Waals surface area contributed by atoms with Crippen LogP contribution in [0, 0.1) is 0 Å². The molecule has 42 heavy (non-hydrogen) atoms. The van der Waals surface area contributed by atoms with Gasteiger partial charge in [-0.1, -0.05) is 12.8 Å². The number of benzene rings is 1. The third-order valence-electron chi connectivity index (χ3n) is 7.87. The van der Waals surface area contributed by atoms with Crippen molar-refractivity contribution in [2.45, 2.75) is 62.8 Å². The summed E-state index contributed by atoms with van der Waals surface area (Å²) in [4.78, 5) is 36.7. The van der Waals surface area contributed by atoms with Gasteiger partial charge < -0.3 is 35.2 Å². The molecule has 2 fully saturated rings. The first kappa shape index (κ1) is 31.1. The van der Waals surface area contributed by atoms with Crippen LogP contribution in [-0.4, -0.2) is 91.3 Å². The molecule has 1 aliphatic carbocycles. The summed E-state index contributed by atoms with van der Waals surface area (Å²) in [6.07, 6.45) is -0.0579. The van der Waals surface area contributed by atoms with Crippen LogP contribution in [0.3, 0.4) is 0 Å². The van der Waals surface area contributed by atoms with Crippen molar-refractivity contribution in [2.24, 2.45) is 0 Å². The molecule has 0 radical (unpaired) electrons. The fourth-order valence-electron chi connectivity index (χ4n) is 5.44. The van der Waals surface area contributed by atoms with Crippen LogP contribution in [0.15, 0.2) is 24.4 Å². The summed E-state index contributed by atoms with van der Waals surface area (Å²) in [7, 11) is 6.31. The molecule has 2 aliphatic rings. The van der Waals surface area contributed by atoms with E-state index in [0.717, 1.165) is 45.0 Å². The lowest BCUT2D eigenvalue weighted by molar-refractivity contribution is -0.137. The standard InChI is InChI=1S/C28H38F3N7O4/c1-37-13-11-18(12-14-37)33-25(39)17-9-10-21(23(15-17)41-3)35-26-32-16-19(28(29,30)31)24(36-26)34-20-7-5-6-8-22(20)38(2)27(40)42-4/h9-10,15-16,18,20,22H,5-8,11-14H2,1-4H3,(H,33,39)(H2,32,34,35,36)/t20-,22-/m1/s1. The van der Waals surface area contributed by atoms with E-state index in [1.807, 2.05) is 7.05 Å². The minimum Gasteiger partial charge on any atom is -0.495 e. The van der Waals surface area contributed by atoms with E-state index in [2.05, 4.69) is 30.8 Å². The molecule has 2 heterocycles. The number of carbonyl (C=O) groups excluding carboxylic acids is 2. The minimum atomic E-state index is -4.71. The van der Waals surface area contributed by atoms with Gasteiger partial charge in [-0.25, -0.2) is 9.78 Å². The van der Waals surface area contributed by atoms with Crippen molar-refractivity contribution >= 4 is 29.5 Å². The molecule has 1 saturated carbocycles. The molecule has 1 aromatic heterocycles. The van der Waals surface area contributed by atoms with Gasteiger partial charge >= 0.3 is 12.3 Å². The fourth-order valence-corrected chi connectivity index (χ4v) is 5.44. The third kappa shape index (κ3) is 7.52. The number of methoxy groups -OCH3 is 2. The number of likely N-dealkylation sites (N-methyl/N-ethyl adjacent to an activating group) is 1. The number of nitrogens with one attached hydrogen (secondary N) is 3. The van der Waals surface area contributed by atoms with Crippen molar-refractivity contribution in [2.75, 3.05) is 52.0 Å². The number of hydrogen-bond donors (Lipinski definition) is 3. The maximum absolute atomic E-state index is 13.9. The maximum atomic E-state index is 13.9. The molecule has 0 unspecified atom stereocenters. The molecule has 0 bridgehead atoms. The van der Waals surface area contributed by atoms with Crippen LogP contribution in [-0.2, 0) is 10.9 Å². The number of hydrogen-bond acceptors (Lipinski definition) is 9. The smallest absolute Gasteiger partial charge is 0.421 e. The highest BCUT2D eigenvalue weighted by atomic mass is 19.4. The van der Waals surface area contributed by atoms with Crippen LogP contribution in [0.1, 0.15) is 54.4 Å². The average Bonchev–Trinajstić information content (AvgIpc) is 2.97. The molecule has 2 amide bonds. The second-order valence-electron chi connectivity index (χ2n) is 10.7. The Morgan fingerprint density at radius 3 is 2.48 bits per heavy atom. The largest absolute Gasteiger partial charge is 0.495 e. The van der Waals surface area contributed by atoms with Crippen LogP contribution in [0.5, 0.6) is 5.75 Å². The van der Waals surface area contributed by atoms with E-state index in [-0.39, 0.29) is 23.9 Å². The van der Waals surface area contributed by atoms with E-state index in [4.69, 9.17) is 9.47 Å². The number of alkyl halides is 3. The molecule has 3 N–H and O–H groups in total. The van der Waals surface area contributed by atoms with Crippen molar-refractivity contribution in [1.29, 1.82) is 0 Å². The van der Waals surface area contributed by atoms with Crippen molar-refractivity contribution in [3.63, 3.8) is 0 Å². The average molecular weight is 594 g/mol. The fraction of sp³-hybridized carbons (Fsp3) is 0.571. The van der Waals surface area contributed by atoms with Gasteiger partial charge in [0.2, 0.25) is 5.95 Å². The minimum absolute atomic E-state index is 0.0835. The monoisotopic (exact) mass is 593 g/mol. The Bertz CT molecular complexity index is 1250. The molecular formula is C28H38F3N7O4. The first-order valence-electron chi connectivity index (χ1n) is 14.0. The van der Waals surface area contributed by atoms with Gasteiger partial charge in [0, 0.05) is 30.9 Å². The number of carbonyl (C=O) groups is 2. The van der Waals surface area contributed by atoms with Gasteiger partial charge in [0.25, 0.3) is 5.91 Å². The Kier molecular flexibility index (Phi) is 9.97. The van der Waals surface area contributed by atoms with Crippen molar-refractivity contribution in [1.82, 2.24) is 25.1 Å².